The van der Waals surface area contributed by atoms with E-state index in [2.05, 4.69) is 241 Å². The minimum Gasteiger partial charge on any atom is -0.455 e. The molecule has 0 bridgehead atoms. The zero-order valence-electron chi connectivity index (χ0n) is 33.9. The Morgan fingerprint density at radius 2 is 0.694 bits per heavy atom. The van der Waals surface area contributed by atoms with Crippen LogP contribution < -0.4 is 4.90 Å². The Morgan fingerprint density at radius 3 is 1.27 bits per heavy atom. The van der Waals surface area contributed by atoms with Crippen molar-refractivity contribution in [1.82, 2.24) is 0 Å². The molecule has 0 amide bonds. The van der Waals surface area contributed by atoms with Crippen molar-refractivity contribution < 1.29 is 4.42 Å². The number of furan rings is 1. The summed E-state index contributed by atoms with van der Waals surface area (Å²) >= 11 is 0. The number of benzene rings is 11. The highest BCUT2D eigenvalue weighted by Gasteiger charge is 2.21. The number of rotatable bonds is 7. The number of nitrogens with zero attached hydrogens (tertiary/aromatic N) is 1. The van der Waals surface area contributed by atoms with Crippen LogP contribution in [0.15, 0.2) is 241 Å². The van der Waals surface area contributed by atoms with Crippen LogP contribution in [0.4, 0.5) is 17.1 Å². The van der Waals surface area contributed by atoms with Gasteiger partial charge in [-0.15, -0.1) is 0 Å². The highest BCUT2D eigenvalue weighted by atomic mass is 16.3. The Labute approximate surface area is 360 Å². The fourth-order valence-corrected chi connectivity index (χ4v) is 9.36. The molecule has 0 unspecified atom stereocenters. The predicted molar refractivity (Wildman–Crippen MR) is 263 cm³/mol. The summed E-state index contributed by atoms with van der Waals surface area (Å²) in [4.78, 5) is 2.35. The van der Waals surface area contributed by atoms with Crippen molar-refractivity contribution in [3.63, 3.8) is 0 Å². The minimum absolute atomic E-state index is 0.904. The van der Waals surface area contributed by atoms with E-state index in [-0.39, 0.29) is 0 Å². The van der Waals surface area contributed by atoms with Gasteiger partial charge in [-0.1, -0.05) is 182 Å². The molecular formula is C60H39NO. The van der Waals surface area contributed by atoms with Gasteiger partial charge in [0, 0.05) is 38.8 Å². The molecule has 0 saturated heterocycles. The number of hydrogen-bond donors (Lipinski definition) is 0. The van der Waals surface area contributed by atoms with Crippen molar-refractivity contribution in [2.24, 2.45) is 0 Å². The lowest BCUT2D eigenvalue weighted by atomic mass is 9.92. The molecule has 0 fully saturated rings. The molecule has 0 radical (unpaired) electrons. The summed E-state index contributed by atoms with van der Waals surface area (Å²) in [6.07, 6.45) is 0. The first-order chi connectivity index (χ1) is 30.7. The zero-order valence-corrected chi connectivity index (χ0v) is 33.9. The van der Waals surface area contributed by atoms with Gasteiger partial charge in [0.25, 0.3) is 0 Å². The molecule has 12 rings (SSSR count). The molecule has 2 heteroatoms. The Balaban J connectivity index is 1.02. The van der Waals surface area contributed by atoms with Crippen molar-refractivity contribution in [3.8, 4) is 44.5 Å². The third-order valence-corrected chi connectivity index (χ3v) is 12.4. The lowest BCUT2D eigenvalue weighted by molar-refractivity contribution is 0.674. The zero-order chi connectivity index (χ0) is 41.0. The van der Waals surface area contributed by atoms with E-state index in [0.29, 0.717) is 0 Å². The van der Waals surface area contributed by atoms with Crippen LogP contribution in [0.1, 0.15) is 0 Å². The smallest absolute Gasteiger partial charge is 0.143 e. The van der Waals surface area contributed by atoms with Crippen LogP contribution in [0.5, 0.6) is 0 Å². The SMILES string of the molecule is c1ccc(-c2ccc(N(c3ccc(-c4ccccc4)cc3)c3ccc(-c4cc(-c5ccc6ccccc6c5)c5oc6c7ccccc7c7ccccc7c6c5c4)cc3)cc2)cc1. The van der Waals surface area contributed by atoms with Gasteiger partial charge in [-0.25, -0.2) is 0 Å². The predicted octanol–water partition coefficient (Wildman–Crippen LogP) is 17.2. The molecule has 0 aliphatic heterocycles. The second-order valence-corrected chi connectivity index (χ2v) is 16.1. The monoisotopic (exact) mass is 789 g/mol. The molecule has 2 nitrogen and oxygen atoms in total. The molecule has 1 heterocycles. The Bertz CT molecular complexity index is 3510. The van der Waals surface area contributed by atoms with Gasteiger partial charge in [-0.3, -0.25) is 0 Å². The lowest BCUT2D eigenvalue weighted by Crippen LogP contribution is -2.09. The average Bonchev–Trinajstić information content (AvgIpc) is 3.75. The maximum absolute atomic E-state index is 7.08. The maximum Gasteiger partial charge on any atom is 0.143 e. The van der Waals surface area contributed by atoms with Gasteiger partial charge in [0.15, 0.2) is 0 Å². The Kier molecular flexibility index (Phi) is 8.53. The maximum atomic E-state index is 7.08. The lowest BCUT2D eigenvalue weighted by Gasteiger charge is -2.26. The summed E-state index contributed by atoms with van der Waals surface area (Å²) in [5.41, 5.74) is 14.4. The molecule has 0 aliphatic rings. The van der Waals surface area contributed by atoms with Crippen LogP contribution in [0.3, 0.4) is 0 Å². The Morgan fingerprint density at radius 1 is 0.258 bits per heavy atom. The first kappa shape index (κ1) is 35.7. The molecule has 0 N–H and O–H groups in total. The van der Waals surface area contributed by atoms with E-state index in [1.165, 1.54) is 49.2 Å². The summed E-state index contributed by atoms with van der Waals surface area (Å²) in [5.74, 6) is 0. The summed E-state index contributed by atoms with van der Waals surface area (Å²) in [5, 5.41) is 9.44. The molecule has 62 heavy (non-hydrogen) atoms. The molecule has 1 aromatic heterocycles. The van der Waals surface area contributed by atoms with Crippen LogP contribution in [0.25, 0.3) is 98.8 Å². The van der Waals surface area contributed by atoms with E-state index < -0.39 is 0 Å². The van der Waals surface area contributed by atoms with E-state index in [9.17, 15) is 0 Å². The van der Waals surface area contributed by atoms with Gasteiger partial charge >= 0.3 is 0 Å². The van der Waals surface area contributed by atoms with E-state index in [1.54, 1.807) is 0 Å². The molecular weight excluding hydrogens is 751 g/mol. The second kappa shape index (κ2) is 14.8. The van der Waals surface area contributed by atoms with Gasteiger partial charge in [-0.2, -0.15) is 0 Å². The summed E-state index contributed by atoms with van der Waals surface area (Å²) < 4.78 is 7.08. The first-order valence-corrected chi connectivity index (χ1v) is 21.2. The van der Waals surface area contributed by atoms with Crippen LogP contribution in [-0.4, -0.2) is 0 Å². The number of anilines is 3. The fraction of sp³-hybridized carbons (Fsp3) is 0. The fourth-order valence-electron chi connectivity index (χ4n) is 9.36. The molecule has 290 valence electrons. The van der Waals surface area contributed by atoms with Gasteiger partial charge < -0.3 is 9.32 Å². The van der Waals surface area contributed by atoms with Gasteiger partial charge in [0.2, 0.25) is 0 Å². The standard InChI is InChI=1S/C60H39NO/c1-3-13-40(14-4-1)43-25-31-49(32-26-43)61(50-33-27-44(28-34-50)41-15-5-2-6-16-41)51-35-29-45(30-36-51)48-38-56(47-24-23-42-17-7-8-18-46(42)37-47)59-57(39-48)58-54-21-11-9-19-52(54)53-20-10-12-22-55(53)60(58)62-59/h1-39H. The quantitative estimate of drug-likeness (QED) is 0.150. The van der Waals surface area contributed by atoms with Crippen molar-refractivity contribution in [2.45, 2.75) is 0 Å². The largest absolute Gasteiger partial charge is 0.455 e. The normalized spacial score (nSPS) is 11.5. The Hall–Kier alpha value is -8.20. The van der Waals surface area contributed by atoms with Crippen LogP contribution in [0.2, 0.25) is 0 Å². The average molecular weight is 790 g/mol. The third kappa shape index (κ3) is 6.12. The van der Waals surface area contributed by atoms with Crippen molar-refractivity contribution in [3.05, 3.63) is 237 Å². The van der Waals surface area contributed by atoms with Crippen LogP contribution in [-0.2, 0) is 0 Å². The van der Waals surface area contributed by atoms with Crippen molar-refractivity contribution >= 4 is 71.3 Å². The number of hydrogen-bond acceptors (Lipinski definition) is 2. The molecule has 0 atom stereocenters. The van der Waals surface area contributed by atoms with E-state index in [0.717, 1.165) is 66.6 Å². The third-order valence-electron chi connectivity index (χ3n) is 12.4. The van der Waals surface area contributed by atoms with Gasteiger partial charge in [0.1, 0.15) is 11.2 Å². The highest BCUT2D eigenvalue weighted by Crippen LogP contribution is 2.46. The van der Waals surface area contributed by atoms with Gasteiger partial charge in [-0.05, 0) is 120 Å². The topological polar surface area (TPSA) is 16.4 Å². The summed E-state index contributed by atoms with van der Waals surface area (Å²) in [6.45, 7) is 0. The van der Waals surface area contributed by atoms with Crippen molar-refractivity contribution in [2.75, 3.05) is 4.90 Å². The molecule has 12 aromatic rings. The van der Waals surface area contributed by atoms with E-state index >= 15 is 0 Å². The van der Waals surface area contributed by atoms with Gasteiger partial charge in [0.05, 0.1) is 0 Å². The van der Waals surface area contributed by atoms with Crippen LogP contribution in [0, 0.1) is 0 Å². The molecule has 11 aromatic carbocycles. The van der Waals surface area contributed by atoms with E-state index in [4.69, 9.17) is 4.42 Å². The summed E-state index contributed by atoms with van der Waals surface area (Å²) in [6, 6.07) is 85.3. The molecule has 0 saturated carbocycles. The first-order valence-electron chi connectivity index (χ1n) is 21.2. The van der Waals surface area contributed by atoms with E-state index in [1.807, 2.05) is 0 Å². The molecule has 0 aliphatic carbocycles. The second-order valence-electron chi connectivity index (χ2n) is 16.1. The highest BCUT2D eigenvalue weighted by molar-refractivity contribution is 6.31. The van der Waals surface area contributed by atoms with Crippen LogP contribution >= 0.6 is 0 Å². The summed E-state index contributed by atoms with van der Waals surface area (Å²) in [7, 11) is 0. The number of fused-ring (bicyclic) bond motifs is 9. The van der Waals surface area contributed by atoms with Crippen molar-refractivity contribution in [1.29, 1.82) is 0 Å². The molecule has 0 spiro atoms. The minimum atomic E-state index is 0.904.